The lowest BCUT2D eigenvalue weighted by Crippen LogP contribution is -2.34. The zero-order chi connectivity index (χ0) is 23.2. The maximum Gasteiger partial charge on any atom is 0.295 e. The number of azo groups is 1. The number of aromatic nitrogens is 2. The Morgan fingerprint density at radius 2 is 1.58 bits per heavy atom. The fraction of sp³-hybridized carbons (Fsp3) is 0.0455. The molecule has 0 saturated carbocycles. The molecule has 0 aliphatic carbocycles. The Bertz CT molecular complexity index is 1610. The number of sulfonamides is 1. The number of hydrogen-bond acceptors (Lipinski definition) is 7. The van der Waals surface area contributed by atoms with Crippen LogP contribution >= 0.6 is 0 Å². The van der Waals surface area contributed by atoms with Crippen molar-refractivity contribution in [2.24, 2.45) is 10.2 Å². The highest BCUT2D eigenvalue weighted by atomic mass is 32.2. The van der Waals surface area contributed by atoms with E-state index in [1.807, 2.05) is 0 Å². The van der Waals surface area contributed by atoms with Crippen LogP contribution in [0, 0.1) is 0 Å². The quantitative estimate of drug-likeness (QED) is 0.447. The molecule has 33 heavy (non-hydrogen) atoms. The molecule has 4 aromatic rings. The molecule has 1 aliphatic heterocycles. The molecule has 1 amide bonds. The molecule has 3 aromatic carbocycles. The average Bonchev–Trinajstić information content (AvgIpc) is 2.81. The first kappa shape index (κ1) is 20.5. The molecule has 1 aromatic heterocycles. The number of nitrogens with zero attached hydrogens (tertiary/aromatic N) is 4. The maximum atomic E-state index is 13.5. The molecule has 5 rings (SSSR count). The predicted octanol–water partition coefficient (Wildman–Crippen LogP) is 2.99. The lowest BCUT2D eigenvalue weighted by molar-refractivity contribution is -0.120. The van der Waals surface area contributed by atoms with Crippen molar-refractivity contribution in [2.45, 2.75) is 10.9 Å². The van der Waals surface area contributed by atoms with E-state index in [4.69, 9.17) is 5.73 Å². The summed E-state index contributed by atoms with van der Waals surface area (Å²) in [5.41, 5.74) is 6.82. The topological polar surface area (TPSA) is 149 Å². The highest BCUT2D eigenvalue weighted by Gasteiger charge is 2.32. The third kappa shape index (κ3) is 3.53. The fourth-order valence-corrected chi connectivity index (χ4v) is 4.66. The molecular weight excluding hydrogens is 444 g/mol. The first-order valence-electron chi connectivity index (χ1n) is 9.79. The van der Waals surface area contributed by atoms with Gasteiger partial charge in [-0.25, -0.2) is 13.4 Å². The molecule has 1 atom stereocenters. The number of carbonyl (C=O) groups excluding carboxylic acids is 1. The van der Waals surface area contributed by atoms with Crippen LogP contribution < -0.4 is 16.0 Å². The highest BCUT2D eigenvalue weighted by molar-refractivity contribution is 7.92. The lowest BCUT2D eigenvalue weighted by atomic mass is 10.0. The number of fused-ring (bicyclic) bond motifs is 2. The monoisotopic (exact) mass is 460 g/mol. The minimum atomic E-state index is -4.15. The first-order chi connectivity index (χ1) is 15.8. The average molecular weight is 460 g/mol. The Hall–Kier alpha value is -4.38. The second-order valence-electron chi connectivity index (χ2n) is 7.30. The van der Waals surface area contributed by atoms with Gasteiger partial charge in [-0.2, -0.15) is 0 Å². The van der Waals surface area contributed by atoms with Gasteiger partial charge < -0.3 is 5.73 Å². The van der Waals surface area contributed by atoms with E-state index in [2.05, 4.69) is 19.9 Å². The van der Waals surface area contributed by atoms with Gasteiger partial charge in [0.05, 0.1) is 21.6 Å². The normalized spacial score (nSPS) is 15.4. The summed E-state index contributed by atoms with van der Waals surface area (Å²) in [5, 5.41) is 7.60. The van der Waals surface area contributed by atoms with Gasteiger partial charge in [-0.1, -0.05) is 30.3 Å². The van der Waals surface area contributed by atoms with Crippen molar-refractivity contribution in [3.8, 4) is 0 Å². The van der Waals surface area contributed by atoms with Gasteiger partial charge in [-0.3, -0.25) is 18.9 Å². The van der Waals surface area contributed by atoms with Gasteiger partial charge >= 0.3 is 0 Å². The SMILES string of the molecule is Nc1ccc(S(=O)(=O)Nc2nc3ccccc3n(C3C(=O)N=Nc4ccccc43)c2=O)cc1. The van der Waals surface area contributed by atoms with Gasteiger partial charge in [0, 0.05) is 11.3 Å². The number of nitrogen functional groups attached to an aromatic ring is 1. The summed E-state index contributed by atoms with van der Waals surface area (Å²) in [4.78, 5) is 30.5. The molecule has 3 N–H and O–H groups in total. The third-order valence-corrected chi connectivity index (χ3v) is 6.55. The maximum absolute atomic E-state index is 13.5. The van der Waals surface area contributed by atoms with Crippen molar-refractivity contribution in [2.75, 3.05) is 10.5 Å². The summed E-state index contributed by atoms with van der Waals surface area (Å²) in [7, 11) is -4.15. The number of benzene rings is 3. The Kier molecular flexibility index (Phi) is 4.75. The van der Waals surface area contributed by atoms with Crippen LogP contribution in [-0.2, 0) is 14.8 Å². The number of anilines is 2. The molecule has 0 bridgehead atoms. The minimum absolute atomic E-state index is 0.0921. The van der Waals surface area contributed by atoms with Crippen LogP contribution in [0.5, 0.6) is 0 Å². The smallest absolute Gasteiger partial charge is 0.295 e. The molecule has 0 radical (unpaired) electrons. The van der Waals surface area contributed by atoms with E-state index >= 15 is 0 Å². The van der Waals surface area contributed by atoms with Gasteiger partial charge in [-0.05, 0) is 42.5 Å². The van der Waals surface area contributed by atoms with Crippen molar-refractivity contribution < 1.29 is 13.2 Å². The summed E-state index contributed by atoms with van der Waals surface area (Å²) in [6.07, 6.45) is 0. The summed E-state index contributed by atoms with van der Waals surface area (Å²) in [5.74, 6) is -1.10. The van der Waals surface area contributed by atoms with Crippen molar-refractivity contribution in [1.82, 2.24) is 9.55 Å². The van der Waals surface area contributed by atoms with Crippen molar-refractivity contribution in [3.05, 3.63) is 88.7 Å². The van der Waals surface area contributed by atoms with E-state index in [0.717, 1.165) is 0 Å². The van der Waals surface area contributed by atoms with Gasteiger partial charge in [0.2, 0.25) is 5.82 Å². The molecule has 10 nitrogen and oxygen atoms in total. The standard InChI is InChI=1S/C22H16N6O4S/c23-13-9-11-14(12-10-13)33(31,32)27-20-22(30)28(18-8-4-3-7-17(18)24-20)19-15-5-1-2-6-16(15)25-26-21(19)29/h1-12,19H,23H2,(H,24,27). The van der Waals surface area contributed by atoms with Gasteiger partial charge in [0.1, 0.15) is 6.04 Å². The Morgan fingerprint density at radius 1 is 0.879 bits per heavy atom. The number of hydrogen-bond donors (Lipinski definition) is 2. The van der Waals surface area contributed by atoms with Crippen molar-refractivity contribution in [3.63, 3.8) is 0 Å². The minimum Gasteiger partial charge on any atom is -0.399 e. The highest BCUT2D eigenvalue weighted by Crippen LogP contribution is 2.34. The van der Waals surface area contributed by atoms with Crippen LogP contribution in [0.3, 0.4) is 0 Å². The fourth-order valence-electron chi connectivity index (χ4n) is 3.66. The number of nitrogens with one attached hydrogen (secondary N) is 1. The summed E-state index contributed by atoms with van der Waals surface area (Å²) in [6, 6.07) is 17.8. The lowest BCUT2D eigenvalue weighted by Gasteiger charge is -2.23. The summed E-state index contributed by atoms with van der Waals surface area (Å²) < 4.78 is 29.3. The van der Waals surface area contributed by atoms with Gasteiger partial charge in [0.25, 0.3) is 21.5 Å². The van der Waals surface area contributed by atoms with E-state index in [1.54, 1.807) is 48.5 Å². The number of para-hydroxylation sites is 2. The molecule has 164 valence electrons. The molecule has 0 saturated heterocycles. The van der Waals surface area contributed by atoms with Crippen LogP contribution in [0.25, 0.3) is 11.0 Å². The number of amides is 1. The molecule has 0 spiro atoms. The van der Waals surface area contributed by atoms with E-state index in [9.17, 15) is 18.0 Å². The Balaban J connectivity index is 1.72. The molecular formula is C22H16N6O4S. The molecule has 11 heteroatoms. The van der Waals surface area contributed by atoms with Crippen molar-refractivity contribution in [1.29, 1.82) is 0 Å². The molecule has 0 fully saturated rings. The van der Waals surface area contributed by atoms with Gasteiger partial charge in [0.15, 0.2) is 0 Å². The molecule has 1 aliphatic rings. The zero-order valence-electron chi connectivity index (χ0n) is 16.9. The molecule has 1 unspecified atom stereocenters. The molecule has 2 heterocycles. The van der Waals surface area contributed by atoms with E-state index in [-0.39, 0.29) is 4.90 Å². The Labute approximate surface area is 187 Å². The van der Waals surface area contributed by atoms with Crippen LogP contribution in [0.15, 0.2) is 92.7 Å². The first-order valence-corrected chi connectivity index (χ1v) is 11.3. The van der Waals surface area contributed by atoms with Gasteiger partial charge in [-0.15, -0.1) is 10.2 Å². The van der Waals surface area contributed by atoms with Crippen LogP contribution in [-0.4, -0.2) is 23.9 Å². The number of nitrogens with two attached hydrogens (primary N) is 1. The third-order valence-electron chi connectivity index (χ3n) is 5.20. The van der Waals surface area contributed by atoms with E-state index in [1.165, 1.54) is 28.8 Å². The van der Waals surface area contributed by atoms with E-state index < -0.39 is 33.3 Å². The van der Waals surface area contributed by atoms with Crippen LogP contribution in [0.4, 0.5) is 17.2 Å². The summed E-state index contributed by atoms with van der Waals surface area (Å²) in [6.45, 7) is 0. The summed E-state index contributed by atoms with van der Waals surface area (Å²) >= 11 is 0. The second kappa shape index (κ2) is 7.64. The van der Waals surface area contributed by atoms with Crippen LogP contribution in [0.2, 0.25) is 0 Å². The zero-order valence-corrected chi connectivity index (χ0v) is 17.7. The second-order valence-corrected chi connectivity index (χ2v) is 8.98. The number of rotatable bonds is 4. The largest absolute Gasteiger partial charge is 0.399 e. The Morgan fingerprint density at radius 3 is 2.36 bits per heavy atom. The van der Waals surface area contributed by atoms with E-state index in [0.29, 0.717) is 28.0 Å². The number of carbonyl (C=O) groups is 1. The van der Waals surface area contributed by atoms with Crippen LogP contribution in [0.1, 0.15) is 11.6 Å². The van der Waals surface area contributed by atoms with Crippen molar-refractivity contribution >= 4 is 44.2 Å². The predicted molar refractivity (Wildman–Crippen MR) is 122 cm³/mol.